The lowest BCUT2D eigenvalue weighted by Gasteiger charge is -2.28. The smallest absolute Gasteiger partial charge is 0.394 e. The third-order valence-electron chi connectivity index (χ3n) is 9.86. The van der Waals surface area contributed by atoms with Crippen LogP contribution in [0.3, 0.4) is 0 Å². The number of carbonyl (C=O) groups excluding carboxylic acids is 2. The molecule has 0 spiro atoms. The molecule has 6 atom stereocenters. The van der Waals surface area contributed by atoms with Gasteiger partial charge in [-0.2, -0.15) is 23.1 Å². The van der Waals surface area contributed by atoms with Crippen molar-refractivity contribution in [3.8, 4) is 0 Å². The number of imidazole rings is 1. The Balaban J connectivity index is 1.22. The van der Waals surface area contributed by atoms with E-state index in [-0.39, 0.29) is 54.4 Å². The monoisotopic (exact) mass is 755 g/mol. The number of hydrogen-bond acceptors (Lipinski definition) is 13. The lowest BCUT2D eigenvalue weighted by atomic mass is 9.91. The molecule has 5 heterocycles. The van der Waals surface area contributed by atoms with E-state index < -0.39 is 55.4 Å². The summed E-state index contributed by atoms with van der Waals surface area (Å²) in [7, 11) is 0. The second-order valence-electron chi connectivity index (χ2n) is 13.4. The van der Waals surface area contributed by atoms with E-state index in [0.29, 0.717) is 31.1 Å². The number of aliphatic hydroxyl groups excluding tert-OH is 3. The molecule has 4 aromatic rings. The zero-order valence-corrected chi connectivity index (χ0v) is 28.8. The molecule has 6 N–H and O–H groups in total. The third kappa shape index (κ3) is 7.76. The van der Waals surface area contributed by atoms with Crippen molar-refractivity contribution in [2.24, 2.45) is 0 Å². The summed E-state index contributed by atoms with van der Waals surface area (Å²) in [5.41, 5.74) is 2.53. The van der Waals surface area contributed by atoms with Crippen LogP contribution in [0.2, 0.25) is 0 Å². The molecule has 54 heavy (non-hydrogen) atoms. The number of amides is 2. The van der Waals surface area contributed by atoms with Crippen molar-refractivity contribution in [2.45, 2.75) is 61.6 Å². The summed E-state index contributed by atoms with van der Waals surface area (Å²) in [5.74, 6) is -2.28. The van der Waals surface area contributed by atoms with Crippen LogP contribution >= 0.6 is 0 Å². The predicted octanol–water partition coefficient (Wildman–Crippen LogP) is 1.65. The number of urea groups is 1. The van der Waals surface area contributed by atoms with Gasteiger partial charge in [-0.1, -0.05) is 60.7 Å². The lowest BCUT2D eigenvalue weighted by molar-refractivity contribution is -0.232. The number of anilines is 2. The molecule has 0 bridgehead atoms. The van der Waals surface area contributed by atoms with Gasteiger partial charge in [-0.05, 0) is 30.5 Å². The summed E-state index contributed by atoms with van der Waals surface area (Å²) in [4.78, 5) is 45.6. The van der Waals surface area contributed by atoms with Crippen LogP contribution in [-0.4, -0.2) is 128 Å². The Morgan fingerprint density at radius 2 is 1.74 bits per heavy atom. The highest BCUT2D eigenvalue weighted by molar-refractivity contribution is 5.85. The number of carbonyl (C=O) groups is 2. The SMILES string of the molecule is O=C(NC1CCNC1)N(OC(=O)C(F)(F)F)C1CCN(c2nc(NCC(c3ccccc3)c3ccccc3)c3ncn([C@@H]4O[C@H](CO)[C@@H](O)[C@@H]4O)c3n2)C1. The normalized spacial score (nSPS) is 24.3. The Bertz CT molecular complexity index is 1880. The number of ether oxygens (including phenoxy) is 1. The fourth-order valence-electron chi connectivity index (χ4n) is 7.02. The molecule has 288 valence electrons. The summed E-state index contributed by atoms with van der Waals surface area (Å²) >= 11 is 0. The Morgan fingerprint density at radius 1 is 1.04 bits per heavy atom. The maximum Gasteiger partial charge on any atom is 0.493 e. The van der Waals surface area contributed by atoms with Gasteiger partial charge < -0.3 is 45.7 Å². The average molecular weight is 756 g/mol. The van der Waals surface area contributed by atoms with Crippen molar-refractivity contribution in [1.82, 2.24) is 35.2 Å². The van der Waals surface area contributed by atoms with Crippen LogP contribution in [0.4, 0.5) is 29.7 Å². The predicted molar refractivity (Wildman–Crippen MR) is 186 cm³/mol. The molecule has 2 unspecified atom stereocenters. The first-order valence-electron chi connectivity index (χ1n) is 17.6. The summed E-state index contributed by atoms with van der Waals surface area (Å²) in [6, 6.07) is 17.3. The summed E-state index contributed by atoms with van der Waals surface area (Å²) in [6.45, 7) is 0.866. The fraction of sp³-hybridized carbons (Fsp3) is 0.457. The number of aromatic nitrogens is 4. The number of rotatable bonds is 10. The van der Waals surface area contributed by atoms with Gasteiger partial charge in [0.2, 0.25) is 5.95 Å². The molecular weight excluding hydrogens is 715 g/mol. The topological polar surface area (TPSA) is 199 Å². The minimum absolute atomic E-state index is 0.0967. The standard InChI is InChI=1S/C35H40F3N9O7/c36-35(37,38)32(51)54-47(34(52)42-22-11-13-39-15-22)23-12-14-45(17-23)33-43-29(40-16-24(20-7-3-1-4-8-20)21-9-5-2-6-10-21)26-30(44-33)46(19-41-26)31-28(50)27(49)25(18-48)53-31/h1-10,19,22-25,27-28,31,39,48-50H,11-18H2,(H,42,52)(H,40,43,44)/t22?,23?,25-,27-,28+,31-/m1/s1. The van der Waals surface area contributed by atoms with Gasteiger partial charge in [-0.15, -0.1) is 5.06 Å². The number of hydroxylamine groups is 2. The number of benzene rings is 2. The second kappa shape index (κ2) is 15.7. The van der Waals surface area contributed by atoms with E-state index in [1.807, 2.05) is 60.7 Å². The fourth-order valence-corrected chi connectivity index (χ4v) is 7.02. The van der Waals surface area contributed by atoms with Crippen LogP contribution in [0.15, 0.2) is 67.0 Å². The Labute approximate surface area is 306 Å². The van der Waals surface area contributed by atoms with Crippen LogP contribution in [0.1, 0.15) is 36.1 Å². The number of halogens is 3. The van der Waals surface area contributed by atoms with Gasteiger partial charge in [0.25, 0.3) is 0 Å². The van der Waals surface area contributed by atoms with E-state index in [2.05, 4.69) is 25.8 Å². The molecule has 3 aliphatic heterocycles. The number of hydrogen-bond donors (Lipinski definition) is 6. The highest BCUT2D eigenvalue weighted by atomic mass is 19.4. The van der Waals surface area contributed by atoms with Crippen molar-refractivity contribution in [3.05, 3.63) is 78.1 Å². The first kappa shape index (κ1) is 37.2. The van der Waals surface area contributed by atoms with Crippen LogP contribution < -0.4 is 20.9 Å². The molecular formula is C35H40F3N9O7. The van der Waals surface area contributed by atoms with E-state index in [1.54, 1.807) is 4.90 Å². The Kier molecular flexibility index (Phi) is 10.8. The molecule has 19 heteroatoms. The van der Waals surface area contributed by atoms with Crippen molar-refractivity contribution in [3.63, 3.8) is 0 Å². The van der Waals surface area contributed by atoms with Gasteiger partial charge in [0.05, 0.1) is 19.0 Å². The van der Waals surface area contributed by atoms with Crippen molar-refractivity contribution in [2.75, 3.05) is 49.5 Å². The van der Waals surface area contributed by atoms with Crippen molar-refractivity contribution >= 4 is 34.9 Å². The molecule has 0 radical (unpaired) electrons. The minimum atomic E-state index is -5.34. The Morgan fingerprint density at radius 3 is 2.35 bits per heavy atom. The first-order valence-corrected chi connectivity index (χ1v) is 17.6. The number of alkyl halides is 3. The van der Waals surface area contributed by atoms with Crippen molar-refractivity contribution in [1.29, 1.82) is 0 Å². The number of fused-ring (bicyclic) bond motifs is 1. The van der Waals surface area contributed by atoms with Gasteiger partial charge in [0.1, 0.15) is 18.3 Å². The van der Waals surface area contributed by atoms with E-state index in [9.17, 15) is 38.1 Å². The highest BCUT2D eigenvalue weighted by Crippen LogP contribution is 2.35. The van der Waals surface area contributed by atoms with Crippen LogP contribution in [0.25, 0.3) is 11.2 Å². The molecule has 2 aromatic heterocycles. The molecule has 0 aliphatic carbocycles. The number of nitrogens with one attached hydrogen (secondary N) is 3. The lowest BCUT2D eigenvalue weighted by Crippen LogP contribution is -2.52. The van der Waals surface area contributed by atoms with Gasteiger partial charge in [0.15, 0.2) is 23.2 Å². The molecule has 2 aromatic carbocycles. The zero-order chi connectivity index (χ0) is 38.0. The molecule has 16 nitrogen and oxygen atoms in total. The third-order valence-corrected chi connectivity index (χ3v) is 9.86. The average Bonchev–Trinajstić information content (AvgIpc) is 4.00. The van der Waals surface area contributed by atoms with Crippen LogP contribution in [0.5, 0.6) is 0 Å². The van der Waals surface area contributed by atoms with Gasteiger partial charge in [-0.3, -0.25) is 4.57 Å². The van der Waals surface area contributed by atoms with Crippen molar-refractivity contribution < 1.29 is 47.7 Å². The Hall–Kier alpha value is -5.08. The zero-order valence-electron chi connectivity index (χ0n) is 28.8. The van der Waals surface area contributed by atoms with E-state index >= 15 is 0 Å². The summed E-state index contributed by atoms with van der Waals surface area (Å²) < 4.78 is 47.2. The minimum Gasteiger partial charge on any atom is -0.394 e. The van der Waals surface area contributed by atoms with Gasteiger partial charge >= 0.3 is 18.2 Å². The number of nitrogens with zero attached hydrogens (tertiary/aromatic N) is 6. The molecule has 7 rings (SSSR count). The van der Waals surface area contributed by atoms with Crippen LogP contribution in [-0.2, 0) is 14.4 Å². The second-order valence-corrected chi connectivity index (χ2v) is 13.4. The van der Waals surface area contributed by atoms with Crippen LogP contribution in [0, 0.1) is 0 Å². The molecule has 2 amide bonds. The van der Waals surface area contributed by atoms with E-state index in [4.69, 9.17) is 14.7 Å². The number of aliphatic hydroxyl groups is 3. The molecule has 3 fully saturated rings. The quantitative estimate of drug-likeness (QED) is 0.128. The van der Waals surface area contributed by atoms with E-state index in [0.717, 1.165) is 11.1 Å². The molecule has 3 saturated heterocycles. The maximum absolute atomic E-state index is 13.3. The summed E-state index contributed by atoms with van der Waals surface area (Å²) in [6.07, 6.45) is -8.43. The molecule has 0 saturated carbocycles. The molecule has 3 aliphatic rings. The highest BCUT2D eigenvalue weighted by Gasteiger charge is 2.47. The first-order chi connectivity index (χ1) is 26.0. The maximum atomic E-state index is 13.3. The largest absolute Gasteiger partial charge is 0.493 e. The van der Waals surface area contributed by atoms with Gasteiger partial charge in [0, 0.05) is 38.1 Å². The summed E-state index contributed by atoms with van der Waals surface area (Å²) in [5, 5.41) is 40.6. The van der Waals surface area contributed by atoms with Gasteiger partial charge in [-0.25, -0.2) is 14.6 Å². The van der Waals surface area contributed by atoms with E-state index in [1.165, 1.54) is 10.9 Å².